The molecule has 1 fully saturated rings. The molecule has 6 nitrogen and oxygen atoms in total. The molecule has 0 unspecified atom stereocenters. The Kier molecular flexibility index (Phi) is 6.90. The molecule has 0 radical (unpaired) electrons. The number of carbonyl (C=O) groups excluding carboxylic acids is 2. The van der Waals surface area contributed by atoms with Gasteiger partial charge >= 0.3 is 6.03 Å². The molecular formula is C21H24ClN3O3. The number of amides is 3. The first-order chi connectivity index (χ1) is 13.6. The van der Waals surface area contributed by atoms with Crippen molar-refractivity contribution in [1.82, 2.24) is 9.80 Å². The summed E-state index contributed by atoms with van der Waals surface area (Å²) in [6, 6.07) is 14.3. The van der Waals surface area contributed by atoms with Gasteiger partial charge in [0.15, 0.2) is 0 Å². The van der Waals surface area contributed by atoms with Crippen LogP contribution in [0.2, 0.25) is 5.02 Å². The number of halogens is 1. The van der Waals surface area contributed by atoms with E-state index in [1.54, 1.807) is 41.2 Å². The lowest BCUT2D eigenvalue weighted by Crippen LogP contribution is -2.39. The second-order valence-corrected chi connectivity index (χ2v) is 7.10. The van der Waals surface area contributed by atoms with Crippen LogP contribution in [0.5, 0.6) is 0 Å². The van der Waals surface area contributed by atoms with Gasteiger partial charge in [0.1, 0.15) is 0 Å². The van der Waals surface area contributed by atoms with Crippen LogP contribution in [0.15, 0.2) is 48.5 Å². The topological polar surface area (TPSA) is 61.9 Å². The molecule has 0 spiro atoms. The monoisotopic (exact) mass is 401 g/mol. The molecule has 1 N–H and O–H groups in total. The number of rotatable bonds is 4. The molecule has 1 heterocycles. The SMILES string of the molecule is COCc1ccccc1C(=O)N1CCCN(C(=O)Nc2cccc(Cl)c2)CC1. The normalized spacial score (nSPS) is 14.5. The lowest BCUT2D eigenvalue weighted by atomic mass is 10.1. The highest BCUT2D eigenvalue weighted by Crippen LogP contribution is 2.17. The first-order valence-corrected chi connectivity index (χ1v) is 9.64. The van der Waals surface area contributed by atoms with E-state index in [-0.39, 0.29) is 11.9 Å². The van der Waals surface area contributed by atoms with E-state index in [2.05, 4.69) is 5.32 Å². The Labute approximate surface area is 170 Å². The Hall–Kier alpha value is -2.57. The molecule has 1 saturated heterocycles. The molecule has 1 aliphatic heterocycles. The maximum atomic E-state index is 13.0. The largest absolute Gasteiger partial charge is 0.380 e. The van der Waals surface area contributed by atoms with Gasteiger partial charge in [-0.15, -0.1) is 0 Å². The Morgan fingerprint density at radius 2 is 1.79 bits per heavy atom. The van der Waals surface area contributed by atoms with Gasteiger partial charge in [0.25, 0.3) is 5.91 Å². The minimum absolute atomic E-state index is 0.0234. The number of anilines is 1. The maximum absolute atomic E-state index is 13.0. The third kappa shape index (κ3) is 5.03. The molecule has 0 aliphatic carbocycles. The lowest BCUT2D eigenvalue weighted by Gasteiger charge is -2.23. The van der Waals surface area contributed by atoms with Gasteiger partial charge in [-0.2, -0.15) is 0 Å². The van der Waals surface area contributed by atoms with Crippen molar-refractivity contribution >= 4 is 29.2 Å². The molecule has 1 aliphatic rings. The number of ether oxygens (including phenoxy) is 1. The van der Waals surface area contributed by atoms with Gasteiger partial charge in [-0.3, -0.25) is 4.79 Å². The fourth-order valence-corrected chi connectivity index (χ4v) is 3.46. The van der Waals surface area contributed by atoms with Crippen LogP contribution in [0.25, 0.3) is 0 Å². The highest BCUT2D eigenvalue weighted by atomic mass is 35.5. The van der Waals surface area contributed by atoms with E-state index < -0.39 is 0 Å². The number of nitrogens with one attached hydrogen (secondary N) is 1. The third-order valence-corrected chi connectivity index (χ3v) is 4.93. The van der Waals surface area contributed by atoms with Crippen molar-refractivity contribution in [2.24, 2.45) is 0 Å². The van der Waals surface area contributed by atoms with Crippen LogP contribution < -0.4 is 5.32 Å². The van der Waals surface area contributed by atoms with Crippen LogP contribution in [0, 0.1) is 0 Å². The fourth-order valence-electron chi connectivity index (χ4n) is 3.27. The van der Waals surface area contributed by atoms with Crippen molar-refractivity contribution in [3.63, 3.8) is 0 Å². The molecule has 2 aromatic carbocycles. The highest BCUT2D eigenvalue weighted by molar-refractivity contribution is 6.30. The Balaban J connectivity index is 1.63. The zero-order chi connectivity index (χ0) is 19.9. The van der Waals surface area contributed by atoms with Gasteiger partial charge in [0.2, 0.25) is 0 Å². The van der Waals surface area contributed by atoms with Crippen molar-refractivity contribution in [1.29, 1.82) is 0 Å². The van der Waals surface area contributed by atoms with Gasteiger partial charge in [-0.1, -0.05) is 35.9 Å². The predicted molar refractivity (Wildman–Crippen MR) is 110 cm³/mol. The molecule has 28 heavy (non-hydrogen) atoms. The second kappa shape index (κ2) is 9.57. The summed E-state index contributed by atoms with van der Waals surface area (Å²) in [5.74, 6) is -0.0234. The number of nitrogens with zero attached hydrogens (tertiary/aromatic N) is 2. The van der Waals surface area contributed by atoms with Crippen molar-refractivity contribution in [3.05, 3.63) is 64.7 Å². The zero-order valence-corrected chi connectivity index (χ0v) is 16.6. The van der Waals surface area contributed by atoms with E-state index in [1.807, 2.05) is 24.3 Å². The molecule has 0 aromatic heterocycles. The van der Waals surface area contributed by atoms with Crippen LogP contribution in [0.4, 0.5) is 10.5 Å². The summed E-state index contributed by atoms with van der Waals surface area (Å²) < 4.78 is 5.20. The summed E-state index contributed by atoms with van der Waals surface area (Å²) in [7, 11) is 1.61. The molecule has 7 heteroatoms. The number of urea groups is 1. The Bertz CT molecular complexity index is 843. The second-order valence-electron chi connectivity index (χ2n) is 6.66. The molecule has 148 valence electrons. The van der Waals surface area contributed by atoms with E-state index in [9.17, 15) is 9.59 Å². The third-order valence-electron chi connectivity index (χ3n) is 4.69. The fraction of sp³-hybridized carbons (Fsp3) is 0.333. The Morgan fingerprint density at radius 3 is 2.57 bits per heavy atom. The predicted octanol–water partition coefficient (Wildman–Crippen LogP) is 3.87. The number of benzene rings is 2. The van der Waals surface area contributed by atoms with Crippen molar-refractivity contribution in [2.45, 2.75) is 13.0 Å². The summed E-state index contributed by atoms with van der Waals surface area (Å²) in [5, 5.41) is 3.43. The average Bonchev–Trinajstić information content (AvgIpc) is 2.94. The van der Waals surface area contributed by atoms with Crippen LogP contribution in [-0.4, -0.2) is 55.0 Å². The van der Waals surface area contributed by atoms with Crippen molar-refractivity contribution in [2.75, 3.05) is 38.6 Å². The zero-order valence-electron chi connectivity index (χ0n) is 15.9. The average molecular weight is 402 g/mol. The smallest absolute Gasteiger partial charge is 0.321 e. The summed E-state index contributed by atoms with van der Waals surface area (Å²) in [6.07, 6.45) is 0.723. The highest BCUT2D eigenvalue weighted by Gasteiger charge is 2.24. The van der Waals surface area contributed by atoms with E-state index in [4.69, 9.17) is 16.3 Å². The molecule has 3 amide bonds. The molecule has 0 atom stereocenters. The molecule has 0 saturated carbocycles. The van der Waals surface area contributed by atoms with Gasteiger partial charge < -0.3 is 19.9 Å². The van der Waals surface area contributed by atoms with E-state index in [0.29, 0.717) is 49.1 Å². The van der Waals surface area contributed by atoms with Crippen LogP contribution in [0.3, 0.4) is 0 Å². The van der Waals surface area contributed by atoms with E-state index in [1.165, 1.54) is 0 Å². The van der Waals surface area contributed by atoms with Gasteiger partial charge in [-0.25, -0.2) is 4.79 Å². The molecular weight excluding hydrogens is 378 g/mol. The number of carbonyl (C=O) groups is 2. The van der Waals surface area contributed by atoms with Gasteiger partial charge in [0, 0.05) is 49.6 Å². The maximum Gasteiger partial charge on any atom is 0.321 e. The number of methoxy groups -OCH3 is 1. The standard InChI is InChI=1S/C21H24ClN3O3/c1-28-15-16-6-2-3-9-19(16)20(26)24-10-5-11-25(13-12-24)21(27)23-18-8-4-7-17(22)14-18/h2-4,6-9,14H,5,10-13,15H2,1H3,(H,23,27). The summed E-state index contributed by atoms with van der Waals surface area (Å²) >= 11 is 5.97. The minimum atomic E-state index is -0.184. The number of hydrogen-bond acceptors (Lipinski definition) is 3. The summed E-state index contributed by atoms with van der Waals surface area (Å²) in [4.78, 5) is 29.1. The number of hydrogen-bond donors (Lipinski definition) is 1. The lowest BCUT2D eigenvalue weighted by molar-refractivity contribution is 0.0758. The Morgan fingerprint density at radius 1 is 1.04 bits per heavy atom. The molecule has 0 bridgehead atoms. The minimum Gasteiger partial charge on any atom is -0.380 e. The van der Waals surface area contributed by atoms with Crippen molar-refractivity contribution in [3.8, 4) is 0 Å². The van der Waals surface area contributed by atoms with Crippen LogP contribution >= 0.6 is 11.6 Å². The van der Waals surface area contributed by atoms with Gasteiger partial charge in [0.05, 0.1) is 6.61 Å². The van der Waals surface area contributed by atoms with E-state index >= 15 is 0 Å². The molecule has 3 rings (SSSR count). The van der Waals surface area contributed by atoms with Crippen molar-refractivity contribution < 1.29 is 14.3 Å². The summed E-state index contributed by atoms with van der Waals surface area (Å²) in [6.45, 7) is 2.56. The summed E-state index contributed by atoms with van der Waals surface area (Å²) in [5.41, 5.74) is 2.18. The quantitative estimate of drug-likeness (QED) is 0.846. The van der Waals surface area contributed by atoms with Crippen LogP contribution in [0.1, 0.15) is 22.3 Å². The van der Waals surface area contributed by atoms with E-state index in [0.717, 1.165) is 12.0 Å². The van der Waals surface area contributed by atoms with Gasteiger partial charge in [-0.05, 0) is 36.2 Å². The first kappa shape index (κ1) is 20.2. The van der Waals surface area contributed by atoms with Crippen LogP contribution in [-0.2, 0) is 11.3 Å². The molecule has 2 aromatic rings. The first-order valence-electron chi connectivity index (χ1n) is 9.26.